The molecule has 1 aromatic heterocycles. The molecular weight excluding hydrogens is 416 g/mol. The molecule has 0 atom stereocenters. The summed E-state index contributed by atoms with van der Waals surface area (Å²) in [6.07, 6.45) is 1.75. The third-order valence-electron chi connectivity index (χ3n) is 5.78. The number of hydrogen-bond donors (Lipinski definition) is 1. The van der Waals surface area contributed by atoms with Crippen LogP contribution in [0.15, 0.2) is 45.9 Å². The summed E-state index contributed by atoms with van der Waals surface area (Å²) in [4.78, 5) is 12.9. The summed E-state index contributed by atoms with van der Waals surface area (Å²) in [6, 6.07) is 8.79. The van der Waals surface area contributed by atoms with Gasteiger partial charge in [0.2, 0.25) is 15.9 Å². The van der Waals surface area contributed by atoms with E-state index in [4.69, 9.17) is 9.15 Å². The van der Waals surface area contributed by atoms with Crippen molar-refractivity contribution in [3.63, 3.8) is 0 Å². The molecule has 3 aromatic rings. The van der Waals surface area contributed by atoms with Crippen molar-refractivity contribution in [3.8, 4) is 0 Å². The van der Waals surface area contributed by atoms with Crippen molar-refractivity contribution in [3.05, 3.63) is 58.8 Å². The Hall–Kier alpha value is -2.68. The molecule has 2 aromatic carbocycles. The highest BCUT2D eigenvalue weighted by atomic mass is 32.2. The number of benzene rings is 2. The van der Waals surface area contributed by atoms with Crippen LogP contribution in [0.3, 0.4) is 0 Å². The van der Waals surface area contributed by atoms with Gasteiger partial charge in [0.25, 0.3) is 0 Å². The van der Waals surface area contributed by atoms with Crippen LogP contribution in [0.25, 0.3) is 11.0 Å². The Morgan fingerprint density at radius 3 is 2.52 bits per heavy atom. The molecule has 7 nitrogen and oxygen atoms in total. The number of rotatable bonds is 5. The van der Waals surface area contributed by atoms with Crippen LogP contribution in [0.4, 0.5) is 5.69 Å². The molecule has 0 bridgehead atoms. The molecule has 1 aliphatic rings. The lowest BCUT2D eigenvalue weighted by Gasteiger charge is -2.26. The fourth-order valence-corrected chi connectivity index (χ4v) is 5.16. The number of sulfonamides is 1. The molecule has 0 unspecified atom stereocenters. The minimum absolute atomic E-state index is 0.134. The third kappa shape index (κ3) is 4.23. The summed E-state index contributed by atoms with van der Waals surface area (Å²) in [5.41, 5.74) is 5.05. The van der Waals surface area contributed by atoms with Gasteiger partial charge < -0.3 is 14.5 Å². The Morgan fingerprint density at radius 2 is 1.77 bits per heavy atom. The first-order valence-electron chi connectivity index (χ1n) is 10.2. The van der Waals surface area contributed by atoms with Crippen molar-refractivity contribution in [1.29, 1.82) is 0 Å². The second-order valence-corrected chi connectivity index (χ2v) is 9.80. The number of fused-ring (bicyclic) bond motifs is 1. The first kappa shape index (κ1) is 21.5. The Balaban J connectivity index is 1.55. The summed E-state index contributed by atoms with van der Waals surface area (Å²) in [5, 5.41) is 3.78. The van der Waals surface area contributed by atoms with Gasteiger partial charge in [-0.05, 0) is 49.6 Å². The Bertz CT molecular complexity index is 1240. The first-order chi connectivity index (χ1) is 14.8. The van der Waals surface area contributed by atoms with Crippen LogP contribution in [0.5, 0.6) is 0 Å². The van der Waals surface area contributed by atoms with Crippen LogP contribution in [0.1, 0.15) is 22.3 Å². The second kappa shape index (κ2) is 8.45. The molecule has 4 rings (SSSR count). The zero-order valence-corrected chi connectivity index (χ0v) is 18.7. The molecule has 1 amide bonds. The lowest BCUT2D eigenvalue weighted by Crippen LogP contribution is -2.40. The molecule has 1 N–H and O–H groups in total. The standard InChI is InChI=1S/C23H26N2O5S/c1-15-5-7-20-18(14-30-23(20)17(15)3)12-22(26)24-21-13-19(6-4-16(21)2)31(27,28)25-8-10-29-11-9-25/h4-7,13-14H,8-12H2,1-3H3,(H,24,26). The Kier molecular flexibility index (Phi) is 5.88. The lowest BCUT2D eigenvalue weighted by atomic mass is 10.0. The van der Waals surface area contributed by atoms with Crippen LogP contribution < -0.4 is 5.32 Å². The van der Waals surface area contributed by atoms with E-state index in [2.05, 4.69) is 5.32 Å². The highest BCUT2D eigenvalue weighted by molar-refractivity contribution is 7.89. The smallest absolute Gasteiger partial charge is 0.243 e. The molecule has 1 saturated heterocycles. The number of morpholine rings is 1. The molecule has 2 heterocycles. The normalized spacial score (nSPS) is 15.3. The quantitative estimate of drug-likeness (QED) is 0.653. The van der Waals surface area contributed by atoms with Gasteiger partial charge in [0.15, 0.2) is 0 Å². The number of aryl methyl sites for hydroxylation is 3. The van der Waals surface area contributed by atoms with Gasteiger partial charge in [-0.3, -0.25) is 4.79 Å². The molecular formula is C23H26N2O5S. The summed E-state index contributed by atoms with van der Waals surface area (Å²) < 4.78 is 38.2. The van der Waals surface area contributed by atoms with E-state index in [1.54, 1.807) is 18.4 Å². The number of amides is 1. The minimum atomic E-state index is -3.64. The zero-order valence-electron chi connectivity index (χ0n) is 17.9. The van der Waals surface area contributed by atoms with Gasteiger partial charge in [-0.25, -0.2) is 8.42 Å². The van der Waals surface area contributed by atoms with Crippen molar-refractivity contribution < 1.29 is 22.4 Å². The maximum Gasteiger partial charge on any atom is 0.243 e. The molecule has 0 spiro atoms. The number of carbonyl (C=O) groups excluding carboxylic acids is 1. The molecule has 1 fully saturated rings. The topological polar surface area (TPSA) is 88.9 Å². The van der Waals surface area contributed by atoms with Gasteiger partial charge in [0.1, 0.15) is 5.58 Å². The molecule has 164 valence electrons. The van der Waals surface area contributed by atoms with Crippen molar-refractivity contribution in [2.45, 2.75) is 32.1 Å². The van der Waals surface area contributed by atoms with Crippen LogP contribution in [-0.4, -0.2) is 44.9 Å². The SMILES string of the molecule is Cc1ccc(S(=O)(=O)N2CCOCC2)cc1NC(=O)Cc1coc2c(C)c(C)ccc12. The van der Waals surface area contributed by atoms with Gasteiger partial charge in [-0.2, -0.15) is 4.31 Å². The highest BCUT2D eigenvalue weighted by Crippen LogP contribution is 2.28. The Morgan fingerprint density at radius 1 is 1.06 bits per heavy atom. The summed E-state index contributed by atoms with van der Waals surface area (Å²) >= 11 is 0. The van der Waals surface area contributed by atoms with Crippen LogP contribution in [0, 0.1) is 20.8 Å². The van der Waals surface area contributed by atoms with Gasteiger partial charge in [-0.15, -0.1) is 0 Å². The van der Waals surface area contributed by atoms with Gasteiger partial charge in [0.05, 0.1) is 30.8 Å². The molecule has 8 heteroatoms. The summed E-state index contributed by atoms with van der Waals surface area (Å²) in [7, 11) is -3.64. The van der Waals surface area contributed by atoms with Crippen molar-refractivity contribution >= 4 is 32.6 Å². The van der Waals surface area contributed by atoms with E-state index in [1.165, 1.54) is 10.4 Å². The highest BCUT2D eigenvalue weighted by Gasteiger charge is 2.27. The largest absolute Gasteiger partial charge is 0.464 e. The van der Waals surface area contributed by atoms with E-state index < -0.39 is 10.0 Å². The van der Waals surface area contributed by atoms with E-state index in [9.17, 15) is 13.2 Å². The number of carbonyl (C=O) groups is 1. The summed E-state index contributed by atoms with van der Waals surface area (Å²) in [5.74, 6) is -0.232. The van der Waals surface area contributed by atoms with Crippen LogP contribution in [0.2, 0.25) is 0 Å². The van der Waals surface area contributed by atoms with Crippen molar-refractivity contribution in [1.82, 2.24) is 4.31 Å². The number of anilines is 1. The van der Waals surface area contributed by atoms with E-state index in [1.807, 2.05) is 32.9 Å². The molecule has 31 heavy (non-hydrogen) atoms. The number of furan rings is 1. The Labute approximate surface area is 182 Å². The van der Waals surface area contributed by atoms with Crippen molar-refractivity contribution in [2.24, 2.45) is 0 Å². The van der Waals surface area contributed by atoms with E-state index in [-0.39, 0.29) is 17.2 Å². The predicted molar refractivity (Wildman–Crippen MR) is 119 cm³/mol. The maximum absolute atomic E-state index is 12.9. The molecule has 0 saturated carbocycles. The van der Waals surface area contributed by atoms with Gasteiger partial charge in [0, 0.05) is 29.7 Å². The van der Waals surface area contributed by atoms with E-state index in [0.717, 1.165) is 33.2 Å². The number of nitrogens with one attached hydrogen (secondary N) is 1. The average Bonchev–Trinajstić information content (AvgIpc) is 3.16. The van der Waals surface area contributed by atoms with Crippen LogP contribution >= 0.6 is 0 Å². The number of hydrogen-bond acceptors (Lipinski definition) is 5. The van der Waals surface area contributed by atoms with Crippen LogP contribution in [-0.2, 0) is 26.0 Å². The van der Waals surface area contributed by atoms with E-state index in [0.29, 0.717) is 32.0 Å². The maximum atomic E-state index is 12.9. The predicted octanol–water partition coefficient (Wildman–Crippen LogP) is 3.56. The average molecular weight is 443 g/mol. The third-order valence-corrected chi connectivity index (χ3v) is 7.68. The number of ether oxygens (including phenoxy) is 1. The zero-order chi connectivity index (χ0) is 22.2. The first-order valence-corrected chi connectivity index (χ1v) is 11.7. The van der Waals surface area contributed by atoms with Crippen molar-refractivity contribution in [2.75, 3.05) is 31.6 Å². The fraction of sp³-hybridized carbons (Fsp3) is 0.348. The monoisotopic (exact) mass is 442 g/mol. The molecule has 1 aliphatic heterocycles. The molecule has 0 radical (unpaired) electrons. The summed E-state index contributed by atoms with van der Waals surface area (Å²) in [6.45, 7) is 7.26. The minimum Gasteiger partial charge on any atom is -0.464 e. The lowest BCUT2D eigenvalue weighted by molar-refractivity contribution is -0.115. The fourth-order valence-electron chi connectivity index (χ4n) is 3.72. The van der Waals surface area contributed by atoms with Gasteiger partial charge >= 0.3 is 0 Å². The van der Waals surface area contributed by atoms with Gasteiger partial charge in [-0.1, -0.05) is 18.2 Å². The van der Waals surface area contributed by atoms with E-state index >= 15 is 0 Å². The molecule has 0 aliphatic carbocycles. The number of nitrogens with zero attached hydrogens (tertiary/aromatic N) is 1. The second-order valence-electron chi connectivity index (χ2n) is 7.86.